The molecule has 0 aromatic carbocycles. The van der Waals surface area contributed by atoms with Gasteiger partial charge in [-0.25, -0.2) is 0 Å². The molecule has 0 N–H and O–H groups in total. The van der Waals surface area contributed by atoms with Crippen LogP contribution >= 0.6 is 22.7 Å². The summed E-state index contributed by atoms with van der Waals surface area (Å²) in [5.41, 5.74) is 3.87. The van der Waals surface area contributed by atoms with E-state index in [0.717, 1.165) is 13.0 Å². The Balaban J connectivity index is 1.74. The van der Waals surface area contributed by atoms with Crippen molar-refractivity contribution in [2.75, 3.05) is 19.7 Å². The maximum Gasteiger partial charge on any atom is 0.307 e. The molecule has 3 heterocycles. The van der Waals surface area contributed by atoms with Gasteiger partial charge in [-0.15, -0.1) is 22.7 Å². The summed E-state index contributed by atoms with van der Waals surface area (Å²) in [7, 11) is 0. The van der Waals surface area contributed by atoms with Crippen LogP contribution < -0.4 is 0 Å². The van der Waals surface area contributed by atoms with E-state index in [2.05, 4.69) is 47.7 Å². The summed E-state index contributed by atoms with van der Waals surface area (Å²) >= 11 is 3.55. The minimum atomic E-state index is -0.273. The van der Waals surface area contributed by atoms with Gasteiger partial charge in [0.2, 0.25) is 0 Å². The van der Waals surface area contributed by atoms with Crippen LogP contribution in [0.4, 0.5) is 0 Å². The Kier molecular flexibility index (Phi) is 8.46. The Morgan fingerprint density at radius 2 is 1.81 bits per heavy atom. The summed E-state index contributed by atoms with van der Waals surface area (Å²) in [4.78, 5) is 28.4. The largest absolute Gasteiger partial charge is 0.466 e. The van der Waals surface area contributed by atoms with E-state index in [1.165, 1.54) is 33.4 Å². The lowest BCUT2D eigenvalue weighted by Crippen LogP contribution is -2.33. The monoisotopic (exact) mass is 461 g/mol. The molecule has 1 aliphatic heterocycles. The molecule has 1 aliphatic rings. The Morgan fingerprint density at radius 1 is 1.16 bits per heavy atom. The lowest BCUT2D eigenvalue weighted by Gasteiger charge is -2.22. The van der Waals surface area contributed by atoms with Crippen molar-refractivity contribution in [2.45, 2.75) is 59.1 Å². The molecule has 2 aromatic rings. The third-order valence-electron chi connectivity index (χ3n) is 5.51. The third-order valence-corrected chi connectivity index (χ3v) is 7.61. The second-order valence-corrected chi connectivity index (χ2v) is 9.73. The molecule has 0 radical (unpaired) electrons. The topological polar surface area (TPSA) is 55.8 Å². The van der Waals surface area contributed by atoms with E-state index in [-0.39, 0.29) is 24.1 Å². The van der Waals surface area contributed by atoms with Gasteiger partial charge in [-0.05, 0) is 61.2 Å². The lowest BCUT2D eigenvalue weighted by molar-refractivity contribution is -0.145. The van der Waals surface area contributed by atoms with Crippen LogP contribution in [-0.4, -0.2) is 48.7 Å². The van der Waals surface area contributed by atoms with Crippen molar-refractivity contribution >= 4 is 40.2 Å². The molecular formula is C24H31NO4S2. The van der Waals surface area contributed by atoms with Crippen LogP contribution in [0.3, 0.4) is 0 Å². The number of carbonyl (C=O) groups excluding carboxylic acids is 2. The quantitative estimate of drug-likeness (QED) is 0.480. The highest BCUT2D eigenvalue weighted by Crippen LogP contribution is 2.35. The van der Waals surface area contributed by atoms with Crippen LogP contribution in [-0.2, 0) is 19.1 Å². The SMILES string of the molecule is CCOC(=O)C[C@H]1C[C@H](OC(C)=O)CN1CCC=C(c1sccc1C)c1sccc1C. The fourth-order valence-corrected chi connectivity index (χ4v) is 6.13. The predicted octanol–water partition coefficient (Wildman–Crippen LogP) is 5.21. The van der Waals surface area contributed by atoms with Crippen molar-refractivity contribution in [3.63, 3.8) is 0 Å². The first-order chi connectivity index (χ1) is 14.9. The molecule has 0 unspecified atom stereocenters. The molecule has 5 nitrogen and oxygen atoms in total. The normalized spacial score (nSPS) is 18.7. The summed E-state index contributed by atoms with van der Waals surface area (Å²) in [5, 5.41) is 4.28. The highest BCUT2D eigenvalue weighted by Gasteiger charge is 2.35. The molecule has 1 fully saturated rings. The molecule has 31 heavy (non-hydrogen) atoms. The van der Waals surface area contributed by atoms with Crippen molar-refractivity contribution in [1.29, 1.82) is 0 Å². The van der Waals surface area contributed by atoms with E-state index in [1.807, 2.05) is 6.92 Å². The minimum absolute atomic E-state index is 0.0344. The van der Waals surface area contributed by atoms with Crippen molar-refractivity contribution < 1.29 is 19.1 Å². The first kappa shape index (κ1) is 23.7. The fourth-order valence-electron chi connectivity index (χ4n) is 4.12. The third kappa shape index (κ3) is 6.28. The Labute approximate surface area is 192 Å². The Hall–Kier alpha value is -1.96. The summed E-state index contributed by atoms with van der Waals surface area (Å²) in [6.07, 6.45) is 4.01. The fraction of sp³-hybridized carbons (Fsp3) is 0.500. The molecule has 1 saturated heterocycles. The van der Waals surface area contributed by atoms with Gasteiger partial charge in [0.05, 0.1) is 13.0 Å². The highest BCUT2D eigenvalue weighted by atomic mass is 32.1. The van der Waals surface area contributed by atoms with Gasteiger partial charge in [-0.2, -0.15) is 0 Å². The van der Waals surface area contributed by atoms with Crippen LogP contribution in [0.25, 0.3) is 5.57 Å². The van der Waals surface area contributed by atoms with Crippen LogP contribution in [0.2, 0.25) is 0 Å². The Morgan fingerprint density at radius 3 is 2.32 bits per heavy atom. The number of thiophene rings is 2. The van der Waals surface area contributed by atoms with Gasteiger partial charge in [0.1, 0.15) is 6.10 Å². The first-order valence-electron chi connectivity index (χ1n) is 10.7. The zero-order chi connectivity index (χ0) is 22.4. The predicted molar refractivity (Wildman–Crippen MR) is 127 cm³/mol. The first-order valence-corrected chi connectivity index (χ1v) is 12.5. The van der Waals surface area contributed by atoms with Gasteiger partial charge in [0, 0.05) is 47.8 Å². The minimum Gasteiger partial charge on any atom is -0.466 e. The second-order valence-electron chi connectivity index (χ2n) is 7.90. The van der Waals surface area contributed by atoms with Crippen molar-refractivity contribution in [1.82, 2.24) is 4.90 Å². The zero-order valence-electron chi connectivity index (χ0n) is 18.7. The molecule has 0 saturated carbocycles. The van der Waals surface area contributed by atoms with E-state index in [0.29, 0.717) is 26.0 Å². The van der Waals surface area contributed by atoms with Crippen LogP contribution in [0, 0.1) is 13.8 Å². The lowest BCUT2D eigenvalue weighted by atomic mass is 10.1. The zero-order valence-corrected chi connectivity index (χ0v) is 20.3. The van der Waals surface area contributed by atoms with Gasteiger partial charge < -0.3 is 9.47 Å². The molecule has 168 valence electrons. The number of hydrogen-bond acceptors (Lipinski definition) is 7. The summed E-state index contributed by atoms with van der Waals surface area (Å²) in [5.74, 6) is -0.467. The van der Waals surface area contributed by atoms with Crippen LogP contribution in [0.5, 0.6) is 0 Å². The molecule has 0 bridgehead atoms. The Bertz CT molecular complexity index is 887. The van der Waals surface area contributed by atoms with Crippen molar-refractivity contribution in [3.8, 4) is 0 Å². The molecular weight excluding hydrogens is 430 g/mol. The molecule has 7 heteroatoms. The van der Waals surface area contributed by atoms with Gasteiger partial charge in [0.25, 0.3) is 0 Å². The summed E-state index contributed by atoms with van der Waals surface area (Å²) in [6, 6.07) is 4.36. The number of nitrogens with zero attached hydrogens (tertiary/aromatic N) is 1. The van der Waals surface area contributed by atoms with E-state index in [9.17, 15) is 9.59 Å². The standard InChI is InChI=1S/C24H31NO4S2/c1-5-28-22(27)14-19-13-20(29-18(4)26)15-25(19)10-6-7-21(23-16(2)8-11-30-23)24-17(3)9-12-31-24/h7-9,11-12,19-20H,5-6,10,13-15H2,1-4H3/t19-,20+/m1/s1. The van der Waals surface area contributed by atoms with Gasteiger partial charge in [0.15, 0.2) is 0 Å². The van der Waals surface area contributed by atoms with Gasteiger partial charge in [-0.3, -0.25) is 14.5 Å². The molecule has 0 aliphatic carbocycles. The number of carbonyl (C=O) groups is 2. The van der Waals surface area contributed by atoms with Crippen molar-refractivity contribution in [3.05, 3.63) is 49.9 Å². The van der Waals surface area contributed by atoms with E-state index in [1.54, 1.807) is 22.7 Å². The average Bonchev–Trinajstić information content (AvgIpc) is 3.40. The van der Waals surface area contributed by atoms with E-state index >= 15 is 0 Å². The number of rotatable bonds is 9. The number of esters is 2. The number of aryl methyl sites for hydroxylation is 2. The van der Waals surface area contributed by atoms with Crippen LogP contribution in [0.1, 0.15) is 54.0 Å². The van der Waals surface area contributed by atoms with Crippen LogP contribution in [0.15, 0.2) is 29.0 Å². The molecule has 2 atom stereocenters. The maximum atomic E-state index is 12.1. The van der Waals surface area contributed by atoms with E-state index in [4.69, 9.17) is 9.47 Å². The second kappa shape index (κ2) is 11.1. The molecule has 0 amide bonds. The summed E-state index contributed by atoms with van der Waals surface area (Å²) < 4.78 is 10.6. The molecule has 0 spiro atoms. The smallest absolute Gasteiger partial charge is 0.307 e. The van der Waals surface area contributed by atoms with Gasteiger partial charge in [-0.1, -0.05) is 6.08 Å². The maximum absolute atomic E-state index is 12.1. The summed E-state index contributed by atoms with van der Waals surface area (Å²) in [6.45, 7) is 9.40. The molecule has 3 rings (SSSR count). The van der Waals surface area contributed by atoms with E-state index < -0.39 is 0 Å². The number of hydrogen-bond donors (Lipinski definition) is 0. The number of likely N-dealkylation sites (tertiary alicyclic amines) is 1. The highest BCUT2D eigenvalue weighted by molar-refractivity contribution is 7.14. The van der Waals surface area contributed by atoms with Crippen molar-refractivity contribution in [2.24, 2.45) is 0 Å². The molecule has 2 aromatic heterocycles. The average molecular weight is 462 g/mol. The number of ether oxygens (including phenoxy) is 2. The van der Waals surface area contributed by atoms with Gasteiger partial charge >= 0.3 is 11.9 Å².